The standard InChI is InChI=1S/C19H22S.2ClH.Zr/c1-14(2)8-3-6-12-18-19(15-9-4-5-10-15)16-11-7-13-17(16)20-18;;;/h4-5,7-11,13,15,18H,3,6,12H2,1-2H3;2*1H;/q;;;+2/p-2. The van der Waals surface area contributed by atoms with Gasteiger partial charge in [0.15, 0.2) is 0 Å². The molecule has 0 bridgehead atoms. The smallest absolute Gasteiger partial charge is 1.00 e. The van der Waals surface area contributed by atoms with Crippen LogP contribution in [0.15, 0.2) is 70.2 Å². The number of thioether (sulfide) groups is 1. The van der Waals surface area contributed by atoms with Crippen molar-refractivity contribution in [2.75, 3.05) is 0 Å². The summed E-state index contributed by atoms with van der Waals surface area (Å²) in [6.07, 6.45) is 22.0. The van der Waals surface area contributed by atoms with Crippen LogP contribution in [0.25, 0.3) is 0 Å². The molecule has 0 N–H and O–H groups in total. The van der Waals surface area contributed by atoms with Crippen LogP contribution in [-0.4, -0.2) is 5.25 Å². The Balaban J connectivity index is 0.00000161. The Morgan fingerprint density at radius 3 is 2.48 bits per heavy atom. The number of hydrogen-bond acceptors (Lipinski definition) is 1. The van der Waals surface area contributed by atoms with Crippen LogP contribution < -0.4 is 24.8 Å². The minimum atomic E-state index is 0. The Labute approximate surface area is 176 Å². The van der Waals surface area contributed by atoms with Crippen molar-refractivity contribution in [2.45, 2.75) is 38.4 Å². The van der Waals surface area contributed by atoms with E-state index in [1.807, 2.05) is 0 Å². The number of rotatable bonds is 5. The molecular weight excluding hydrogens is 422 g/mol. The Hall–Kier alpha value is 0.253. The van der Waals surface area contributed by atoms with Crippen LogP contribution in [0.1, 0.15) is 33.1 Å². The summed E-state index contributed by atoms with van der Waals surface area (Å²) in [6.45, 7) is 4.37. The molecular formula is C19H22Cl2SZr. The summed E-state index contributed by atoms with van der Waals surface area (Å²) in [5.41, 5.74) is 4.58. The predicted molar refractivity (Wildman–Crippen MR) is 90.7 cm³/mol. The second-order valence-electron chi connectivity index (χ2n) is 5.87. The van der Waals surface area contributed by atoms with Crippen LogP contribution in [0, 0.1) is 5.92 Å². The molecule has 122 valence electrons. The van der Waals surface area contributed by atoms with Crippen molar-refractivity contribution in [2.24, 2.45) is 5.92 Å². The molecule has 1 heterocycles. The van der Waals surface area contributed by atoms with E-state index in [2.05, 4.69) is 74.2 Å². The third-order valence-corrected chi connectivity index (χ3v) is 5.42. The molecule has 2 aliphatic carbocycles. The van der Waals surface area contributed by atoms with Crippen LogP contribution in [0.5, 0.6) is 0 Å². The first-order valence-electron chi connectivity index (χ1n) is 7.53. The third-order valence-electron chi connectivity index (χ3n) is 4.03. The Morgan fingerprint density at radius 1 is 1.13 bits per heavy atom. The molecule has 4 heteroatoms. The summed E-state index contributed by atoms with van der Waals surface area (Å²) in [5.74, 6) is 0.527. The molecule has 0 radical (unpaired) electrons. The van der Waals surface area contributed by atoms with Crippen molar-refractivity contribution >= 4 is 11.8 Å². The van der Waals surface area contributed by atoms with E-state index in [1.54, 1.807) is 5.57 Å². The summed E-state index contributed by atoms with van der Waals surface area (Å²) >= 11 is 2.07. The largest absolute Gasteiger partial charge is 2.00 e. The van der Waals surface area contributed by atoms with Crippen LogP contribution >= 0.6 is 11.8 Å². The van der Waals surface area contributed by atoms with Crippen LogP contribution in [0.4, 0.5) is 0 Å². The molecule has 0 amide bonds. The van der Waals surface area contributed by atoms with Crippen molar-refractivity contribution in [3.05, 3.63) is 70.2 Å². The molecule has 0 aromatic heterocycles. The van der Waals surface area contributed by atoms with E-state index in [9.17, 15) is 0 Å². The number of fused-ring (bicyclic) bond motifs is 1. The maximum Gasteiger partial charge on any atom is 2.00 e. The summed E-state index contributed by atoms with van der Waals surface area (Å²) < 4.78 is 0. The van der Waals surface area contributed by atoms with Gasteiger partial charge >= 0.3 is 26.2 Å². The fraction of sp³-hybridized carbons (Fsp3) is 0.368. The van der Waals surface area contributed by atoms with Crippen LogP contribution in [0.3, 0.4) is 0 Å². The topological polar surface area (TPSA) is 0 Å². The second-order valence-corrected chi connectivity index (χ2v) is 7.12. The van der Waals surface area contributed by atoms with Crippen molar-refractivity contribution in [1.29, 1.82) is 0 Å². The second kappa shape index (κ2) is 11.0. The summed E-state index contributed by atoms with van der Waals surface area (Å²) in [6, 6.07) is 0. The zero-order chi connectivity index (χ0) is 13.9. The average Bonchev–Trinajstić information content (AvgIpc) is 3.09. The van der Waals surface area contributed by atoms with Gasteiger partial charge in [-0.3, -0.25) is 0 Å². The summed E-state index contributed by atoms with van der Waals surface area (Å²) in [4.78, 5) is 1.49. The van der Waals surface area contributed by atoms with Gasteiger partial charge in [-0.2, -0.15) is 0 Å². The minimum absolute atomic E-state index is 0. The first-order valence-corrected chi connectivity index (χ1v) is 8.41. The van der Waals surface area contributed by atoms with E-state index in [4.69, 9.17) is 0 Å². The fourth-order valence-electron chi connectivity index (χ4n) is 3.08. The van der Waals surface area contributed by atoms with E-state index < -0.39 is 0 Å². The number of allylic oxidation sites excluding steroid dienone is 10. The van der Waals surface area contributed by atoms with Crippen molar-refractivity contribution in [3.63, 3.8) is 0 Å². The molecule has 0 aromatic rings. The molecule has 3 rings (SSSR count). The molecule has 1 aliphatic heterocycles. The van der Waals surface area contributed by atoms with Crippen molar-refractivity contribution in [3.8, 4) is 0 Å². The van der Waals surface area contributed by atoms with Gasteiger partial charge in [0.1, 0.15) is 0 Å². The summed E-state index contributed by atoms with van der Waals surface area (Å²) in [7, 11) is 0. The van der Waals surface area contributed by atoms with Crippen LogP contribution in [0.2, 0.25) is 0 Å². The van der Waals surface area contributed by atoms with Gasteiger partial charge in [-0.1, -0.05) is 48.1 Å². The maximum atomic E-state index is 2.36. The van der Waals surface area contributed by atoms with Gasteiger partial charge in [-0.05, 0) is 50.3 Å². The van der Waals surface area contributed by atoms with E-state index in [1.165, 1.54) is 35.3 Å². The van der Waals surface area contributed by atoms with Gasteiger partial charge in [-0.25, -0.2) is 0 Å². The molecule has 0 spiro atoms. The fourth-order valence-corrected chi connectivity index (χ4v) is 4.55. The van der Waals surface area contributed by atoms with Gasteiger partial charge in [0.05, 0.1) is 0 Å². The first kappa shape index (κ1) is 23.3. The zero-order valence-corrected chi connectivity index (χ0v) is 18.3. The number of hydrogen-bond donors (Lipinski definition) is 0. The zero-order valence-electron chi connectivity index (χ0n) is 13.6. The van der Waals surface area contributed by atoms with Crippen molar-refractivity contribution < 1.29 is 51.0 Å². The first-order chi connectivity index (χ1) is 9.75. The monoisotopic (exact) mass is 442 g/mol. The molecule has 23 heavy (non-hydrogen) atoms. The van der Waals surface area contributed by atoms with Gasteiger partial charge < -0.3 is 24.8 Å². The molecule has 3 aliphatic rings. The molecule has 0 fully saturated rings. The molecule has 0 saturated heterocycles. The quantitative estimate of drug-likeness (QED) is 0.416. The van der Waals surface area contributed by atoms with Gasteiger partial charge in [0.2, 0.25) is 0 Å². The van der Waals surface area contributed by atoms with E-state index in [0.29, 0.717) is 11.2 Å². The molecule has 1 atom stereocenters. The predicted octanol–water partition coefficient (Wildman–Crippen LogP) is -0.264. The molecule has 0 saturated carbocycles. The minimum Gasteiger partial charge on any atom is -1.00 e. The molecule has 0 aromatic carbocycles. The van der Waals surface area contributed by atoms with E-state index in [0.717, 1.165) is 0 Å². The van der Waals surface area contributed by atoms with Crippen molar-refractivity contribution in [1.82, 2.24) is 0 Å². The Kier molecular flexibility index (Phi) is 11.1. The van der Waals surface area contributed by atoms with E-state index >= 15 is 0 Å². The van der Waals surface area contributed by atoms with Gasteiger partial charge in [0.25, 0.3) is 0 Å². The third kappa shape index (κ3) is 5.63. The Morgan fingerprint density at radius 2 is 1.83 bits per heavy atom. The molecule has 0 nitrogen and oxygen atoms in total. The average molecular weight is 445 g/mol. The summed E-state index contributed by atoms with van der Waals surface area (Å²) in [5, 5.41) is 0.671. The SMILES string of the molecule is CC(C)=CCCCC1SC2=CC=CC2=C1C1C=CC=C1.[Cl-].[Cl-].[Zr+2]. The maximum absolute atomic E-state index is 2.36. The van der Waals surface area contributed by atoms with E-state index in [-0.39, 0.29) is 51.0 Å². The Bertz CT molecular complexity index is 566. The number of unbranched alkanes of at least 4 members (excludes halogenated alkanes) is 1. The van der Waals surface area contributed by atoms with Crippen LogP contribution in [-0.2, 0) is 26.2 Å². The normalized spacial score (nSPS) is 20.6. The number of halogens is 2. The molecule has 1 unspecified atom stereocenters. The van der Waals surface area contributed by atoms with Gasteiger partial charge in [-0.15, -0.1) is 11.8 Å². The van der Waals surface area contributed by atoms with Gasteiger partial charge in [0, 0.05) is 16.1 Å².